The van der Waals surface area contributed by atoms with Gasteiger partial charge >= 0.3 is 0 Å². The van der Waals surface area contributed by atoms with Crippen molar-refractivity contribution >= 4 is 5.91 Å². The van der Waals surface area contributed by atoms with Gasteiger partial charge in [0.2, 0.25) is 0 Å². The third-order valence-electron chi connectivity index (χ3n) is 3.96. The predicted molar refractivity (Wildman–Crippen MR) is 67.3 cm³/mol. The molecule has 4 nitrogen and oxygen atoms in total. The van der Waals surface area contributed by atoms with Crippen LogP contribution in [0.25, 0.3) is 0 Å². The zero-order valence-electron chi connectivity index (χ0n) is 10.5. The van der Waals surface area contributed by atoms with Crippen LogP contribution in [0.15, 0.2) is 24.5 Å². The maximum absolute atomic E-state index is 12.4. The lowest BCUT2D eigenvalue weighted by Crippen LogP contribution is -2.52. The predicted octanol–water partition coefficient (Wildman–Crippen LogP) is 1.87. The highest BCUT2D eigenvalue weighted by atomic mass is 16.5. The molecular formula is C14H18N2O2. The van der Waals surface area contributed by atoms with E-state index in [0.717, 1.165) is 19.4 Å². The van der Waals surface area contributed by atoms with E-state index in [1.807, 2.05) is 11.0 Å². The van der Waals surface area contributed by atoms with Gasteiger partial charge in [0, 0.05) is 18.9 Å². The lowest BCUT2D eigenvalue weighted by molar-refractivity contribution is -0.0948. The van der Waals surface area contributed by atoms with E-state index in [1.165, 1.54) is 12.8 Å². The fourth-order valence-electron chi connectivity index (χ4n) is 3.01. The van der Waals surface area contributed by atoms with Crippen molar-refractivity contribution in [3.05, 3.63) is 30.1 Å². The fourth-order valence-corrected chi connectivity index (χ4v) is 3.01. The Hall–Kier alpha value is -1.42. The Morgan fingerprint density at radius 3 is 2.94 bits per heavy atom. The van der Waals surface area contributed by atoms with Crippen molar-refractivity contribution in [1.82, 2.24) is 9.88 Å². The van der Waals surface area contributed by atoms with Crippen LogP contribution in [0.1, 0.15) is 36.0 Å². The van der Waals surface area contributed by atoms with E-state index >= 15 is 0 Å². The van der Waals surface area contributed by atoms with Gasteiger partial charge in [-0.3, -0.25) is 9.78 Å². The topological polar surface area (TPSA) is 42.4 Å². The first kappa shape index (κ1) is 11.7. The van der Waals surface area contributed by atoms with Crippen molar-refractivity contribution in [1.29, 1.82) is 0 Å². The molecule has 1 saturated heterocycles. The van der Waals surface area contributed by atoms with Gasteiger partial charge in [-0.1, -0.05) is 12.8 Å². The average molecular weight is 246 g/mol. The number of rotatable bonds is 1. The number of hydrogen-bond acceptors (Lipinski definition) is 3. The van der Waals surface area contributed by atoms with Crippen LogP contribution in [-0.4, -0.2) is 41.1 Å². The molecule has 0 radical (unpaired) electrons. The molecule has 18 heavy (non-hydrogen) atoms. The summed E-state index contributed by atoms with van der Waals surface area (Å²) >= 11 is 0. The summed E-state index contributed by atoms with van der Waals surface area (Å²) in [5.74, 6) is 0.0812. The van der Waals surface area contributed by atoms with E-state index < -0.39 is 0 Å². The summed E-state index contributed by atoms with van der Waals surface area (Å²) in [4.78, 5) is 18.3. The maximum Gasteiger partial charge on any atom is 0.255 e. The van der Waals surface area contributed by atoms with E-state index in [1.54, 1.807) is 18.5 Å². The van der Waals surface area contributed by atoms with Crippen LogP contribution in [0.4, 0.5) is 0 Å². The Morgan fingerprint density at radius 2 is 2.22 bits per heavy atom. The number of nitrogens with zero attached hydrogens (tertiary/aromatic N) is 2. The largest absolute Gasteiger partial charge is 0.371 e. The molecule has 1 aromatic heterocycles. The number of pyridine rings is 1. The molecule has 0 atom stereocenters. The Kier molecular flexibility index (Phi) is 3.04. The molecule has 1 amide bonds. The summed E-state index contributed by atoms with van der Waals surface area (Å²) < 4.78 is 5.93. The quantitative estimate of drug-likeness (QED) is 0.759. The summed E-state index contributed by atoms with van der Waals surface area (Å²) in [6.07, 6.45) is 7.94. The standard InChI is InChI=1S/C14H18N2O2/c17-13(12-4-3-7-15-10-12)16-8-9-18-14(11-16)5-1-2-6-14/h3-4,7,10H,1-2,5-6,8-9,11H2. The smallest absolute Gasteiger partial charge is 0.255 e. The molecule has 2 fully saturated rings. The summed E-state index contributed by atoms with van der Waals surface area (Å²) in [6, 6.07) is 3.63. The highest BCUT2D eigenvalue weighted by Gasteiger charge is 2.40. The minimum Gasteiger partial charge on any atom is -0.371 e. The molecule has 1 aliphatic heterocycles. The average Bonchev–Trinajstić information content (AvgIpc) is 2.87. The first-order valence-electron chi connectivity index (χ1n) is 6.62. The first-order valence-corrected chi connectivity index (χ1v) is 6.62. The van der Waals surface area contributed by atoms with E-state index in [-0.39, 0.29) is 11.5 Å². The highest BCUT2D eigenvalue weighted by Crippen LogP contribution is 2.36. The molecule has 3 rings (SSSR count). The molecule has 0 N–H and O–H groups in total. The number of amides is 1. The Labute approximate surface area is 107 Å². The minimum atomic E-state index is -0.0594. The van der Waals surface area contributed by atoms with Crippen LogP contribution in [0, 0.1) is 0 Å². The lowest BCUT2D eigenvalue weighted by atomic mass is 9.99. The van der Waals surface area contributed by atoms with E-state index in [9.17, 15) is 4.79 Å². The normalized spacial score (nSPS) is 22.3. The maximum atomic E-state index is 12.4. The Morgan fingerprint density at radius 1 is 1.39 bits per heavy atom. The molecule has 1 aliphatic carbocycles. The van der Waals surface area contributed by atoms with E-state index in [0.29, 0.717) is 18.7 Å². The molecule has 96 valence electrons. The van der Waals surface area contributed by atoms with Gasteiger partial charge < -0.3 is 9.64 Å². The number of ether oxygens (including phenoxy) is 1. The second-order valence-corrected chi connectivity index (χ2v) is 5.21. The Bertz CT molecular complexity index is 427. The van der Waals surface area contributed by atoms with Gasteiger partial charge in [0.15, 0.2) is 0 Å². The molecule has 1 aromatic rings. The number of aromatic nitrogens is 1. The van der Waals surface area contributed by atoms with Crippen LogP contribution in [0.2, 0.25) is 0 Å². The second kappa shape index (κ2) is 4.69. The SMILES string of the molecule is O=C(c1cccnc1)N1CCOC2(CCCC2)C1. The van der Waals surface area contributed by atoms with E-state index in [2.05, 4.69) is 4.98 Å². The molecule has 2 aliphatic rings. The van der Waals surface area contributed by atoms with Crippen molar-refractivity contribution in [2.45, 2.75) is 31.3 Å². The summed E-state index contributed by atoms with van der Waals surface area (Å²) in [5, 5.41) is 0. The highest BCUT2D eigenvalue weighted by molar-refractivity contribution is 5.94. The molecule has 0 aromatic carbocycles. The molecule has 1 spiro atoms. The summed E-state index contributed by atoms with van der Waals surface area (Å²) in [6.45, 7) is 2.09. The van der Waals surface area contributed by atoms with Gasteiger partial charge in [0.25, 0.3) is 5.91 Å². The van der Waals surface area contributed by atoms with Gasteiger partial charge in [0.05, 0.1) is 24.3 Å². The van der Waals surface area contributed by atoms with Gasteiger partial charge in [-0.2, -0.15) is 0 Å². The number of carbonyl (C=O) groups excluding carboxylic acids is 1. The van der Waals surface area contributed by atoms with Crippen LogP contribution in [0.5, 0.6) is 0 Å². The summed E-state index contributed by atoms with van der Waals surface area (Å²) in [5.41, 5.74) is 0.614. The summed E-state index contributed by atoms with van der Waals surface area (Å²) in [7, 11) is 0. The molecule has 0 bridgehead atoms. The van der Waals surface area contributed by atoms with Crippen molar-refractivity contribution < 1.29 is 9.53 Å². The van der Waals surface area contributed by atoms with E-state index in [4.69, 9.17) is 4.74 Å². The van der Waals surface area contributed by atoms with Gasteiger partial charge in [-0.25, -0.2) is 0 Å². The monoisotopic (exact) mass is 246 g/mol. The minimum absolute atomic E-state index is 0.0594. The lowest BCUT2D eigenvalue weighted by Gasteiger charge is -2.40. The van der Waals surface area contributed by atoms with Crippen LogP contribution in [0.3, 0.4) is 0 Å². The zero-order valence-corrected chi connectivity index (χ0v) is 10.5. The van der Waals surface area contributed by atoms with Crippen molar-refractivity contribution in [3.8, 4) is 0 Å². The zero-order chi connectivity index (χ0) is 12.4. The molecule has 0 unspecified atom stereocenters. The molecule has 4 heteroatoms. The third-order valence-corrected chi connectivity index (χ3v) is 3.96. The first-order chi connectivity index (χ1) is 8.79. The molecule has 2 heterocycles. The van der Waals surface area contributed by atoms with Gasteiger partial charge in [-0.05, 0) is 25.0 Å². The second-order valence-electron chi connectivity index (χ2n) is 5.21. The van der Waals surface area contributed by atoms with Crippen molar-refractivity contribution in [3.63, 3.8) is 0 Å². The molecular weight excluding hydrogens is 228 g/mol. The van der Waals surface area contributed by atoms with Crippen molar-refractivity contribution in [2.24, 2.45) is 0 Å². The van der Waals surface area contributed by atoms with Crippen molar-refractivity contribution in [2.75, 3.05) is 19.7 Å². The van der Waals surface area contributed by atoms with Gasteiger partial charge in [-0.15, -0.1) is 0 Å². The number of morpholine rings is 1. The Balaban J connectivity index is 1.74. The van der Waals surface area contributed by atoms with Crippen LogP contribution < -0.4 is 0 Å². The van der Waals surface area contributed by atoms with Crippen LogP contribution >= 0.6 is 0 Å². The van der Waals surface area contributed by atoms with Crippen LogP contribution in [-0.2, 0) is 4.74 Å². The third kappa shape index (κ3) is 2.12. The fraction of sp³-hybridized carbons (Fsp3) is 0.571. The number of carbonyl (C=O) groups is 1. The van der Waals surface area contributed by atoms with Gasteiger partial charge in [0.1, 0.15) is 0 Å². The molecule has 1 saturated carbocycles. The number of hydrogen-bond donors (Lipinski definition) is 0.